The number of ether oxygens (including phenoxy) is 2. The number of nitrogens with one attached hydrogen (secondary N) is 2. The average Bonchev–Trinajstić information content (AvgIpc) is 2.73. The Labute approximate surface area is 143 Å². The summed E-state index contributed by atoms with van der Waals surface area (Å²) in [5.74, 6) is 5.66. The molecule has 0 bridgehead atoms. The molecule has 0 aliphatic carbocycles. The Kier molecular flexibility index (Phi) is 6.90. The van der Waals surface area contributed by atoms with Crippen molar-refractivity contribution in [3.63, 3.8) is 0 Å². The van der Waals surface area contributed by atoms with Crippen molar-refractivity contribution in [3.8, 4) is 11.8 Å². The van der Waals surface area contributed by atoms with E-state index in [9.17, 15) is 9.59 Å². The number of hydrogen-bond donors (Lipinski definition) is 2. The highest BCUT2D eigenvalue weighted by Crippen LogP contribution is 2.17. The Hall–Kier alpha value is -2.42. The van der Waals surface area contributed by atoms with Gasteiger partial charge in [0.25, 0.3) is 0 Å². The molecule has 0 aliphatic rings. The van der Waals surface area contributed by atoms with Crippen molar-refractivity contribution in [2.24, 2.45) is 0 Å². The number of carbonyl (C=O) groups excluding carboxylic acids is 2. The van der Waals surface area contributed by atoms with E-state index in [2.05, 4.69) is 22.1 Å². The summed E-state index contributed by atoms with van der Waals surface area (Å²) in [6.45, 7) is 11.6. The fourth-order valence-electron chi connectivity index (χ4n) is 2.04. The molecule has 132 valence electrons. The van der Waals surface area contributed by atoms with Gasteiger partial charge in [-0.25, -0.2) is 9.59 Å². The number of aryl methyl sites for hydroxylation is 1. The minimum absolute atomic E-state index is 0.327. The number of hydrogen-bond acceptors (Lipinski definition) is 4. The first-order chi connectivity index (χ1) is 11.2. The lowest BCUT2D eigenvalue weighted by molar-refractivity contribution is 0.0512. The van der Waals surface area contributed by atoms with E-state index in [4.69, 9.17) is 9.47 Å². The van der Waals surface area contributed by atoms with Gasteiger partial charge in [0, 0.05) is 24.2 Å². The summed E-state index contributed by atoms with van der Waals surface area (Å²) >= 11 is 0. The first-order valence-corrected chi connectivity index (χ1v) is 7.97. The number of carbonyl (C=O) groups is 2. The van der Waals surface area contributed by atoms with Crippen molar-refractivity contribution in [2.45, 2.75) is 53.6 Å². The van der Waals surface area contributed by atoms with Crippen LogP contribution in [0.4, 0.5) is 4.79 Å². The van der Waals surface area contributed by atoms with Gasteiger partial charge in [0.1, 0.15) is 11.3 Å². The summed E-state index contributed by atoms with van der Waals surface area (Å²) in [5, 5.41) is 2.65. The van der Waals surface area contributed by atoms with Crippen LogP contribution >= 0.6 is 0 Å². The summed E-state index contributed by atoms with van der Waals surface area (Å²) in [6, 6.07) is 0. The van der Waals surface area contributed by atoms with Gasteiger partial charge in [-0.15, -0.1) is 0 Å². The zero-order chi connectivity index (χ0) is 18.3. The molecule has 6 heteroatoms. The van der Waals surface area contributed by atoms with Gasteiger partial charge in [-0.1, -0.05) is 11.8 Å². The fourth-order valence-corrected chi connectivity index (χ4v) is 2.04. The van der Waals surface area contributed by atoms with Crippen molar-refractivity contribution in [2.75, 3.05) is 13.2 Å². The SMILES string of the molecule is CCOC(=O)c1[nH]c(C)c(C#CCCNC(=O)OC(C)(C)C)c1C. The largest absolute Gasteiger partial charge is 0.461 e. The highest BCUT2D eigenvalue weighted by Gasteiger charge is 2.17. The predicted molar refractivity (Wildman–Crippen MR) is 92.0 cm³/mol. The predicted octanol–water partition coefficient (Wildman–Crippen LogP) is 3.07. The molecule has 6 nitrogen and oxygen atoms in total. The van der Waals surface area contributed by atoms with Crippen LogP contribution in [0.2, 0.25) is 0 Å². The molecule has 1 aromatic heterocycles. The summed E-state index contributed by atoms with van der Waals surface area (Å²) in [4.78, 5) is 26.4. The summed E-state index contributed by atoms with van der Waals surface area (Å²) in [7, 11) is 0. The topological polar surface area (TPSA) is 80.4 Å². The van der Waals surface area contributed by atoms with E-state index in [-0.39, 0.29) is 5.97 Å². The van der Waals surface area contributed by atoms with Crippen molar-refractivity contribution in [1.82, 2.24) is 10.3 Å². The third kappa shape index (κ3) is 5.99. The summed E-state index contributed by atoms with van der Waals surface area (Å²) in [5.41, 5.74) is 2.31. The van der Waals surface area contributed by atoms with E-state index < -0.39 is 11.7 Å². The molecule has 0 saturated heterocycles. The van der Waals surface area contributed by atoms with E-state index >= 15 is 0 Å². The van der Waals surface area contributed by atoms with Crippen molar-refractivity contribution < 1.29 is 19.1 Å². The van der Waals surface area contributed by atoms with Crippen LogP contribution in [0.15, 0.2) is 0 Å². The number of aromatic amines is 1. The molecule has 1 heterocycles. The monoisotopic (exact) mass is 334 g/mol. The number of esters is 1. The first kappa shape index (κ1) is 19.6. The van der Waals surface area contributed by atoms with Gasteiger partial charge in [-0.2, -0.15) is 0 Å². The summed E-state index contributed by atoms with van der Waals surface area (Å²) < 4.78 is 10.1. The molecule has 0 aromatic carbocycles. The molecule has 2 N–H and O–H groups in total. The number of H-pyrrole nitrogens is 1. The zero-order valence-corrected chi connectivity index (χ0v) is 15.3. The smallest absolute Gasteiger partial charge is 0.407 e. The van der Waals surface area contributed by atoms with Gasteiger partial charge in [0.05, 0.1) is 6.61 Å². The van der Waals surface area contributed by atoms with Crippen molar-refractivity contribution >= 4 is 12.1 Å². The number of alkyl carbamates (subject to hydrolysis) is 1. The van der Waals surface area contributed by atoms with Crippen molar-refractivity contribution in [3.05, 3.63) is 22.5 Å². The molecular weight excluding hydrogens is 308 g/mol. The maximum Gasteiger partial charge on any atom is 0.407 e. The number of amides is 1. The standard InChI is InChI=1S/C18H26N2O4/c1-7-23-16(21)15-12(2)14(13(3)20-15)10-8-9-11-19-17(22)24-18(4,5)6/h20H,7,9,11H2,1-6H3,(H,19,22). The van der Waals surface area contributed by atoms with Crippen LogP contribution in [0.3, 0.4) is 0 Å². The molecule has 0 fully saturated rings. The lowest BCUT2D eigenvalue weighted by atomic mass is 10.1. The first-order valence-electron chi connectivity index (χ1n) is 7.97. The molecule has 1 aromatic rings. The minimum atomic E-state index is -0.515. The lowest BCUT2D eigenvalue weighted by Crippen LogP contribution is -2.32. The van der Waals surface area contributed by atoms with Gasteiger partial charge in [-0.05, 0) is 47.1 Å². The van der Waals surface area contributed by atoms with Crippen LogP contribution in [0, 0.1) is 25.7 Å². The van der Waals surface area contributed by atoms with E-state index in [1.165, 1.54) is 0 Å². The molecular formula is C18H26N2O4. The summed E-state index contributed by atoms with van der Waals surface area (Å²) in [6.07, 6.45) is 0.0285. The Morgan fingerprint density at radius 1 is 1.25 bits per heavy atom. The highest BCUT2D eigenvalue weighted by molar-refractivity contribution is 5.90. The number of rotatable bonds is 4. The molecule has 1 rings (SSSR count). The highest BCUT2D eigenvalue weighted by atomic mass is 16.6. The van der Waals surface area contributed by atoms with E-state index in [1.54, 1.807) is 6.92 Å². The second kappa shape index (κ2) is 8.44. The molecule has 0 unspecified atom stereocenters. The normalized spacial score (nSPS) is 10.6. The molecule has 0 aliphatic heterocycles. The average molecular weight is 334 g/mol. The molecule has 0 spiro atoms. The molecule has 1 amide bonds. The molecule has 0 radical (unpaired) electrons. The Balaban J connectivity index is 2.61. The minimum Gasteiger partial charge on any atom is -0.461 e. The molecule has 0 saturated carbocycles. The van der Waals surface area contributed by atoms with Crippen molar-refractivity contribution in [1.29, 1.82) is 0 Å². The fraction of sp³-hybridized carbons (Fsp3) is 0.556. The van der Waals surface area contributed by atoms with Gasteiger partial charge in [0.15, 0.2) is 0 Å². The second-order valence-corrected chi connectivity index (χ2v) is 6.33. The van der Waals surface area contributed by atoms with Gasteiger partial charge in [-0.3, -0.25) is 0 Å². The third-order valence-corrected chi connectivity index (χ3v) is 3.05. The maximum absolute atomic E-state index is 11.8. The van der Waals surface area contributed by atoms with Crippen LogP contribution in [-0.4, -0.2) is 35.8 Å². The quantitative estimate of drug-likeness (QED) is 0.504. The van der Waals surface area contributed by atoms with E-state index in [0.29, 0.717) is 25.3 Å². The van der Waals surface area contributed by atoms with Gasteiger partial charge < -0.3 is 19.8 Å². The van der Waals surface area contributed by atoms with Gasteiger partial charge in [0.2, 0.25) is 0 Å². The Bertz CT molecular complexity index is 657. The van der Waals surface area contributed by atoms with Crippen LogP contribution in [-0.2, 0) is 9.47 Å². The third-order valence-electron chi connectivity index (χ3n) is 3.05. The second-order valence-electron chi connectivity index (χ2n) is 6.33. The van der Waals surface area contributed by atoms with E-state index in [0.717, 1.165) is 16.8 Å². The van der Waals surface area contributed by atoms with Crippen LogP contribution in [0.5, 0.6) is 0 Å². The van der Waals surface area contributed by atoms with E-state index in [1.807, 2.05) is 34.6 Å². The lowest BCUT2D eigenvalue weighted by Gasteiger charge is -2.19. The Morgan fingerprint density at radius 2 is 1.92 bits per heavy atom. The number of aromatic nitrogens is 1. The maximum atomic E-state index is 11.8. The van der Waals surface area contributed by atoms with Crippen LogP contribution in [0.1, 0.15) is 61.4 Å². The van der Waals surface area contributed by atoms with Crippen LogP contribution in [0.25, 0.3) is 0 Å². The zero-order valence-electron chi connectivity index (χ0n) is 15.3. The van der Waals surface area contributed by atoms with Crippen LogP contribution < -0.4 is 5.32 Å². The van der Waals surface area contributed by atoms with Gasteiger partial charge >= 0.3 is 12.1 Å². The Morgan fingerprint density at radius 3 is 2.50 bits per heavy atom. The molecule has 0 atom stereocenters. The molecule has 24 heavy (non-hydrogen) atoms.